The van der Waals surface area contributed by atoms with E-state index in [-0.39, 0.29) is 5.92 Å². The van der Waals surface area contributed by atoms with Gasteiger partial charge in [-0.05, 0) is 49.4 Å². The van der Waals surface area contributed by atoms with Crippen molar-refractivity contribution in [3.63, 3.8) is 0 Å². The number of carbonyl (C=O) groups excluding carboxylic acids is 2. The molecule has 2 rings (SSSR count). The standard InChI is InChI=1S/C23H30N2O4/c1-2-3-11-18(21(24)22(26)28-19-13-6-4-7-14-19)12-10-17-25-23(27)29-20-15-8-5-9-16-20/h4-9,13-16,18,21H,2-3,10-12,17,24H2,1H3,(H,25,27). The minimum absolute atomic E-state index is 0.00175. The summed E-state index contributed by atoms with van der Waals surface area (Å²) < 4.78 is 10.6. The van der Waals surface area contributed by atoms with Gasteiger partial charge in [-0.2, -0.15) is 0 Å². The highest BCUT2D eigenvalue weighted by molar-refractivity contribution is 5.78. The third-order valence-corrected chi connectivity index (χ3v) is 4.64. The molecule has 2 aromatic carbocycles. The Kier molecular flexibility index (Phi) is 9.72. The molecule has 0 saturated carbocycles. The van der Waals surface area contributed by atoms with Crippen LogP contribution < -0.4 is 20.5 Å². The van der Waals surface area contributed by atoms with Crippen molar-refractivity contribution >= 4 is 12.1 Å². The summed E-state index contributed by atoms with van der Waals surface area (Å²) in [5.74, 6) is 0.566. The van der Waals surface area contributed by atoms with E-state index in [1.54, 1.807) is 36.4 Å². The Bertz CT molecular complexity index is 737. The highest BCUT2D eigenvalue weighted by Crippen LogP contribution is 2.20. The monoisotopic (exact) mass is 398 g/mol. The van der Waals surface area contributed by atoms with Gasteiger partial charge in [0.2, 0.25) is 0 Å². The minimum atomic E-state index is -0.696. The Hall–Kier alpha value is -2.86. The molecule has 29 heavy (non-hydrogen) atoms. The Morgan fingerprint density at radius 2 is 1.45 bits per heavy atom. The van der Waals surface area contributed by atoms with Crippen molar-refractivity contribution in [2.75, 3.05) is 6.54 Å². The second-order valence-electron chi connectivity index (χ2n) is 6.93. The molecule has 3 N–H and O–H groups in total. The van der Waals surface area contributed by atoms with Gasteiger partial charge in [0.1, 0.15) is 17.5 Å². The quantitative estimate of drug-likeness (QED) is 0.335. The Balaban J connectivity index is 1.78. The number of carbonyl (C=O) groups is 2. The topological polar surface area (TPSA) is 90.6 Å². The number of nitrogens with two attached hydrogens (primary N) is 1. The van der Waals surface area contributed by atoms with Gasteiger partial charge in [-0.15, -0.1) is 0 Å². The zero-order valence-electron chi connectivity index (χ0n) is 16.9. The van der Waals surface area contributed by atoms with Crippen molar-refractivity contribution in [2.24, 2.45) is 11.7 Å². The van der Waals surface area contributed by atoms with Crippen LogP contribution in [0.3, 0.4) is 0 Å². The maximum atomic E-state index is 12.4. The summed E-state index contributed by atoms with van der Waals surface area (Å²) in [5.41, 5.74) is 6.21. The molecule has 6 nitrogen and oxygen atoms in total. The highest BCUT2D eigenvalue weighted by atomic mass is 16.6. The summed E-state index contributed by atoms with van der Waals surface area (Å²) >= 11 is 0. The van der Waals surface area contributed by atoms with E-state index in [4.69, 9.17) is 15.2 Å². The van der Waals surface area contributed by atoms with E-state index in [1.165, 1.54) is 0 Å². The van der Waals surface area contributed by atoms with E-state index < -0.39 is 18.1 Å². The average molecular weight is 399 g/mol. The van der Waals surface area contributed by atoms with Gasteiger partial charge in [0.05, 0.1) is 0 Å². The lowest BCUT2D eigenvalue weighted by atomic mass is 9.90. The minimum Gasteiger partial charge on any atom is -0.425 e. The Labute approximate surface area is 172 Å². The van der Waals surface area contributed by atoms with E-state index in [0.717, 1.165) is 25.7 Å². The predicted octanol–water partition coefficient (Wildman–Crippen LogP) is 4.29. The second kappa shape index (κ2) is 12.6. The number of amides is 1. The van der Waals surface area contributed by atoms with Gasteiger partial charge in [-0.25, -0.2) is 9.59 Å². The smallest absolute Gasteiger partial charge is 0.412 e. The van der Waals surface area contributed by atoms with Gasteiger partial charge in [0.25, 0.3) is 0 Å². The molecule has 6 heteroatoms. The molecule has 2 unspecified atom stereocenters. The zero-order chi connectivity index (χ0) is 20.9. The molecule has 0 bridgehead atoms. The molecule has 2 atom stereocenters. The lowest BCUT2D eigenvalue weighted by molar-refractivity contribution is -0.137. The highest BCUT2D eigenvalue weighted by Gasteiger charge is 2.25. The van der Waals surface area contributed by atoms with Crippen LogP contribution >= 0.6 is 0 Å². The van der Waals surface area contributed by atoms with Crippen LogP contribution in [0.1, 0.15) is 39.0 Å². The third-order valence-electron chi connectivity index (χ3n) is 4.64. The fraction of sp³-hybridized carbons (Fsp3) is 0.391. The summed E-state index contributed by atoms with van der Waals surface area (Å²) in [5, 5.41) is 2.73. The van der Waals surface area contributed by atoms with E-state index in [9.17, 15) is 9.59 Å². The number of rotatable bonds is 11. The van der Waals surface area contributed by atoms with Crippen molar-refractivity contribution in [1.82, 2.24) is 5.32 Å². The first-order chi connectivity index (χ1) is 14.1. The van der Waals surface area contributed by atoms with Gasteiger partial charge in [0.15, 0.2) is 0 Å². The van der Waals surface area contributed by atoms with Crippen molar-refractivity contribution in [3.05, 3.63) is 60.7 Å². The molecule has 0 radical (unpaired) electrons. The van der Waals surface area contributed by atoms with Gasteiger partial charge < -0.3 is 20.5 Å². The van der Waals surface area contributed by atoms with Gasteiger partial charge in [0, 0.05) is 6.54 Å². The van der Waals surface area contributed by atoms with E-state index in [1.807, 2.05) is 24.3 Å². The Morgan fingerprint density at radius 3 is 2.03 bits per heavy atom. The van der Waals surface area contributed by atoms with Crippen LogP contribution in [0.4, 0.5) is 4.79 Å². The van der Waals surface area contributed by atoms with Crippen LogP contribution in [-0.4, -0.2) is 24.6 Å². The molecular formula is C23H30N2O4. The maximum Gasteiger partial charge on any atom is 0.412 e. The molecule has 0 heterocycles. The first kappa shape index (κ1) is 22.4. The van der Waals surface area contributed by atoms with E-state index in [0.29, 0.717) is 24.5 Å². The van der Waals surface area contributed by atoms with Crippen molar-refractivity contribution < 1.29 is 19.1 Å². The van der Waals surface area contributed by atoms with Crippen molar-refractivity contribution in [1.29, 1.82) is 0 Å². The number of benzene rings is 2. The molecule has 0 aliphatic carbocycles. The molecule has 0 aliphatic rings. The lowest BCUT2D eigenvalue weighted by Gasteiger charge is -2.22. The first-order valence-corrected chi connectivity index (χ1v) is 10.1. The SMILES string of the molecule is CCCCC(CCCNC(=O)Oc1ccccc1)C(N)C(=O)Oc1ccccc1. The van der Waals surface area contributed by atoms with Crippen molar-refractivity contribution in [2.45, 2.75) is 45.1 Å². The second-order valence-corrected chi connectivity index (χ2v) is 6.93. The molecule has 1 amide bonds. The maximum absolute atomic E-state index is 12.4. The normalized spacial score (nSPS) is 12.6. The average Bonchev–Trinajstić information content (AvgIpc) is 2.74. The Morgan fingerprint density at radius 1 is 0.897 bits per heavy atom. The largest absolute Gasteiger partial charge is 0.425 e. The van der Waals surface area contributed by atoms with Crippen LogP contribution in [0, 0.1) is 5.92 Å². The first-order valence-electron chi connectivity index (χ1n) is 10.1. The van der Waals surface area contributed by atoms with Gasteiger partial charge in [-0.1, -0.05) is 56.2 Å². The molecule has 0 aliphatic heterocycles. The van der Waals surface area contributed by atoms with Gasteiger partial charge in [-0.3, -0.25) is 0 Å². The molecular weight excluding hydrogens is 368 g/mol. The van der Waals surface area contributed by atoms with Gasteiger partial charge >= 0.3 is 12.1 Å². The van der Waals surface area contributed by atoms with Crippen molar-refractivity contribution in [3.8, 4) is 11.5 Å². The van der Waals surface area contributed by atoms with Crippen LogP contribution in [0.5, 0.6) is 11.5 Å². The van der Waals surface area contributed by atoms with Crippen LogP contribution in [0.2, 0.25) is 0 Å². The number of esters is 1. The van der Waals surface area contributed by atoms with E-state index >= 15 is 0 Å². The summed E-state index contributed by atoms with van der Waals surface area (Å²) in [7, 11) is 0. The number of ether oxygens (including phenoxy) is 2. The van der Waals surface area contributed by atoms with Crippen LogP contribution in [0.15, 0.2) is 60.7 Å². The molecule has 156 valence electrons. The van der Waals surface area contributed by atoms with Crippen LogP contribution in [0.25, 0.3) is 0 Å². The summed E-state index contributed by atoms with van der Waals surface area (Å²) in [6.45, 7) is 2.56. The predicted molar refractivity (Wildman–Crippen MR) is 113 cm³/mol. The molecule has 0 aromatic heterocycles. The number of unbranched alkanes of at least 4 members (excludes halogenated alkanes) is 1. The number of para-hydroxylation sites is 2. The summed E-state index contributed by atoms with van der Waals surface area (Å²) in [4.78, 5) is 24.3. The number of nitrogens with one attached hydrogen (secondary N) is 1. The molecule has 0 spiro atoms. The molecule has 2 aromatic rings. The lowest BCUT2D eigenvalue weighted by Crippen LogP contribution is -2.41. The zero-order valence-corrected chi connectivity index (χ0v) is 16.9. The van der Waals surface area contributed by atoms with E-state index in [2.05, 4.69) is 12.2 Å². The molecule has 0 saturated heterocycles. The number of hydrogen-bond donors (Lipinski definition) is 2. The fourth-order valence-corrected chi connectivity index (χ4v) is 3.02. The summed E-state index contributed by atoms with van der Waals surface area (Å²) in [6.07, 6.45) is 3.78. The molecule has 0 fully saturated rings. The van der Waals surface area contributed by atoms with Crippen LogP contribution in [-0.2, 0) is 4.79 Å². The number of hydrogen-bond acceptors (Lipinski definition) is 5. The summed E-state index contributed by atoms with van der Waals surface area (Å²) in [6, 6.07) is 17.1. The fourth-order valence-electron chi connectivity index (χ4n) is 3.02. The third kappa shape index (κ3) is 8.35.